The molecule has 0 amide bonds. The van der Waals surface area contributed by atoms with Crippen molar-refractivity contribution in [3.63, 3.8) is 0 Å². The zero-order valence-electron chi connectivity index (χ0n) is 11.5. The Morgan fingerprint density at radius 1 is 1.40 bits per heavy atom. The number of nitrogen functional groups attached to an aromatic ring is 1. The molecular weight excluding hydrogens is 298 g/mol. The number of benzene rings is 1. The Bertz CT molecular complexity index is 549. The van der Waals surface area contributed by atoms with Crippen LogP contribution in [0.4, 0.5) is 5.69 Å². The molecule has 7 heteroatoms. The lowest BCUT2D eigenvalue weighted by atomic mass is 10.1. The lowest BCUT2D eigenvalue weighted by Crippen LogP contribution is -2.44. The summed E-state index contributed by atoms with van der Waals surface area (Å²) in [4.78, 5) is 2.29. The molecule has 0 unspecified atom stereocenters. The van der Waals surface area contributed by atoms with Crippen LogP contribution in [-0.2, 0) is 10.0 Å². The quantitative estimate of drug-likeness (QED) is 0.829. The van der Waals surface area contributed by atoms with Gasteiger partial charge in [-0.2, -0.15) is 0 Å². The van der Waals surface area contributed by atoms with Gasteiger partial charge in [0.1, 0.15) is 4.90 Å². The van der Waals surface area contributed by atoms with Gasteiger partial charge in [-0.05, 0) is 44.6 Å². The van der Waals surface area contributed by atoms with Gasteiger partial charge in [0.25, 0.3) is 0 Å². The second-order valence-corrected chi connectivity index (χ2v) is 7.05. The maximum atomic E-state index is 12.4. The summed E-state index contributed by atoms with van der Waals surface area (Å²) in [6, 6.07) is 4.65. The molecule has 1 saturated heterocycles. The van der Waals surface area contributed by atoms with Crippen LogP contribution in [0.25, 0.3) is 0 Å². The highest BCUT2D eigenvalue weighted by Gasteiger charge is 2.27. The monoisotopic (exact) mass is 317 g/mol. The molecule has 0 aromatic heterocycles. The predicted molar refractivity (Wildman–Crippen MR) is 81.3 cm³/mol. The number of halogens is 1. The van der Waals surface area contributed by atoms with Crippen molar-refractivity contribution in [2.24, 2.45) is 0 Å². The minimum absolute atomic E-state index is 0.0143. The minimum atomic E-state index is -3.67. The van der Waals surface area contributed by atoms with Crippen molar-refractivity contribution < 1.29 is 8.42 Å². The number of nitrogens with two attached hydrogens (primary N) is 1. The number of rotatable bonds is 4. The molecule has 1 aromatic carbocycles. The van der Waals surface area contributed by atoms with E-state index in [1.54, 1.807) is 12.1 Å². The van der Waals surface area contributed by atoms with Crippen molar-refractivity contribution in [1.82, 2.24) is 9.62 Å². The van der Waals surface area contributed by atoms with Gasteiger partial charge in [-0.15, -0.1) is 0 Å². The molecule has 0 aliphatic carbocycles. The molecule has 3 N–H and O–H groups in total. The zero-order valence-corrected chi connectivity index (χ0v) is 13.0. The van der Waals surface area contributed by atoms with E-state index in [0.29, 0.717) is 0 Å². The van der Waals surface area contributed by atoms with E-state index in [9.17, 15) is 8.42 Å². The van der Waals surface area contributed by atoms with Crippen molar-refractivity contribution in [1.29, 1.82) is 0 Å². The molecule has 1 heterocycles. The average molecular weight is 318 g/mol. The summed E-state index contributed by atoms with van der Waals surface area (Å²) in [7, 11) is -3.67. The SMILES string of the molecule is CCN1CCC(NS(=O)(=O)c2c(N)cccc2Cl)CC1. The number of hydrogen-bond acceptors (Lipinski definition) is 4. The second-order valence-electron chi connectivity index (χ2n) is 4.99. The standard InChI is InChI=1S/C13H20ClN3O2S/c1-2-17-8-6-10(7-9-17)16-20(18,19)13-11(14)4-3-5-12(13)15/h3-5,10,16H,2,6-9,15H2,1H3. The molecule has 0 spiro atoms. The number of anilines is 1. The highest BCUT2D eigenvalue weighted by Crippen LogP contribution is 2.27. The molecule has 0 radical (unpaired) electrons. The van der Waals surface area contributed by atoms with Crippen molar-refractivity contribution in [2.45, 2.75) is 30.7 Å². The topological polar surface area (TPSA) is 75.4 Å². The summed E-state index contributed by atoms with van der Waals surface area (Å²) in [5.74, 6) is 0. The molecule has 1 aromatic rings. The summed E-state index contributed by atoms with van der Waals surface area (Å²) in [6.45, 7) is 4.91. The van der Waals surface area contributed by atoms with Gasteiger partial charge in [0.15, 0.2) is 0 Å². The largest absolute Gasteiger partial charge is 0.398 e. The summed E-state index contributed by atoms with van der Waals surface area (Å²) in [6.07, 6.45) is 1.61. The van der Waals surface area contributed by atoms with Gasteiger partial charge in [-0.25, -0.2) is 13.1 Å². The Labute approximate surface area is 125 Å². The van der Waals surface area contributed by atoms with Gasteiger partial charge in [0, 0.05) is 6.04 Å². The summed E-state index contributed by atoms with van der Waals surface area (Å²) >= 11 is 5.97. The molecular formula is C13H20ClN3O2S. The van der Waals surface area contributed by atoms with Gasteiger partial charge in [-0.3, -0.25) is 0 Å². The van der Waals surface area contributed by atoms with Crippen LogP contribution < -0.4 is 10.5 Å². The van der Waals surface area contributed by atoms with Gasteiger partial charge in [0.2, 0.25) is 10.0 Å². The van der Waals surface area contributed by atoms with Crippen LogP contribution in [-0.4, -0.2) is 39.0 Å². The fourth-order valence-corrected chi connectivity index (χ4v) is 4.44. The molecule has 0 bridgehead atoms. The van der Waals surface area contributed by atoms with Gasteiger partial charge in [-0.1, -0.05) is 24.6 Å². The predicted octanol–water partition coefficient (Wildman–Crippen LogP) is 1.68. The Hall–Kier alpha value is -0.820. The number of nitrogens with zero attached hydrogens (tertiary/aromatic N) is 1. The highest BCUT2D eigenvalue weighted by molar-refractivity contribution is 7.89. The van der Waals surface area contributed by atoms with Gasteiger partial charge >= 0.3 is 0 Å². The van der Waals surface area contributed by atoms with E-state index in [1.165, 1.54) is 6.07 Å². The van der Waals surface area contributed by atoms with E-state index >= 15 is 0 Å². The van der Waals surface area contributed by atoms with Crippen LogP contribution in [0, 0.1) is 0 Å². The average Bonchev–Trinajstić information content (AvgIpc) is 2.38. The van der Waals surface area contributed by atoms with Crippen LogP contribution in [0.2, 0.25) is 5.02 Å². The third-order valence-corrected chi connectivity index (χ3v) is 5.69. The van der Waals surface area contributed by atoms with E-state index in [-0.39, 0.29) is 21.6 Å². The number of likely N-dealkylation sites (tertiary alicyclic amines) is 1. The number of sulfonamides is 1. The molecule has 0 saturated carbocycles. The van der Waals surface area contributed by atoms with E-state index < -0.39 is 10.0 Å². The first-order valence-corrected chi connectivity index (χ1v) is 8.59. The smallest absolute Gasteiger partial charge is 0.244 e. The van der Waals surface area contributed by atoms with Crippen LogP contribution in [0.15, 0.2) is 23.1 Å². The first kappa shape index (κ1) is 15.6. The van der Waals surface area contributed by atoms with Crippen molar-refractivity contribution in [2.75, 3.05) is 25.4 Å². The third kappa shape index (κ3) is 3.44. The second kappa shape index (κ2) is 6.30. The Morgan fingerprint density at radius 3 is 2.60 bits per heavy atom. The fourth-order valence-electron chi connectivity index (χ4n) is 2.45. The zero-order chi connectivity index (χ0) is 14.8. The summed E-state index contributed by atoms with van der Waals surface area (Å²) in [5.41, 5.74) is 5.92. The van der Waals surface area contributed by atoms with Crippen LogP contribution in [0.3, 0.4) is 0 Å². The molecule has 5 nitrogen and oxygen atoms in total. The van der Waals surface area contributed by atoms with Crippen LogP contribution >= 0.6 is 11.6 Å². The van der Waals surface area contributed by atoms with Crippen molar-refractivity contribution >= 4 is 27.3 Å². The van der Waals surface area contributed by atoms with Crippen LogP contribution in [0.1, 0.15) is 19.8 Å². The minimum Gasteiger partial charge on any atom is -0.398 e. The maximum Gasteiger partial charge on any atom is 0.244 e. The van der Waals surface area contributed by atoms with Gasteiger partial charge in [0.05, 0.1) is 10.7 Å². The van der Waals surface area contributed by atoms with Gasteiger partial charge < -0.3 is 10.6 Å². The first-order valence-electron chi connectivity index (χ1n) is 6.72. The molecule has 1 aliphatic heterocycles. The fraction of sp³-hybridized carbons (Fsp3) is 0.538. The molecule has 2 rings (SSSR count). The molecule has 112 valence electrons. The highest BCUT2D eigenvalue weighted by atomic mass is 35.5. The Morgan fingerprint density at radius 2 is 2.05 bits per heavy atom. The Balaban J connectivity index is 2.12. The number of hydrogen-bond donors (Lipinski definition) is 2. The maximum absolute atomic E-state index is 12.4. The van der Waals surface area contributed by atoms with E-state index in [1.807, 2.05) is 0 Å². The first-order chi connectivity index (χ1) is 9.44. The number of piperidine rings is 1. The summed E-state index contributed by atoms with van der Waals surface area (Å²) < 4.78 is 27.5. The van der Waals surface area contributed by atoms with Crippen molar-refractivity contribution in [3.8, 4) is 0 Å². The lowest BCUT2D eigenvalue weighted by molar-refractivity contribution is 0.217. The van der Waals surface area contributed by atoms with E-state index in [2.05, 4.69) is 16.5 Å². The van der Waals surface area contributed by atoms with E-state index in [4.69, 9.17) is 17.3 Å². The lowest BCUT2D eigenvalue weighted by Gasteiger charge is -2.31. The third-order valence-electron chi connectivity index (χ3n) is 3.62. The normalized spacial score (nSPS) is 18.3. The van der Waals surface area contributed by atoms with Crippen molar-refractivity contribution in [3.05, 3.63) is 23.2 Å². The summed E-state index contributed by atoms with van der Waals surface area (Å²) in [5, 5.41) is 0.156. The van der Waals surface area contributed by atoms with Crippen LogP contribution in [0.5, 0.6) is 0 Å². The molecule has 1 fully saturated rings. The molecule has 1 aliphatic rings. The molecule has 0 atom stereocenters. The number of nitrogens with one attached hydrogen (secondary N) is 1. The molecule has 20 heavy (non-hydrogen) atoms. The van der Waals surface area contributed by atoms with E-state index in [0.717, 1.165) is 32.5 Å². The Kier molecular flexibility index (Phi) is 4.90.